The lowest BCUT2D eigenvalue weighted by Gasteiger charge is -2.48. The normalized spacial score (nSPS) is 48.6. The van der Waals surface area contributed by atoms with Crippen molar-refractivity contribution in [1.29, 1.82) is 0 Å². The Hall–Kier alpha value is -0.0800. The highest BCUT2D eigenvalue weighted by Crippen LogP contribution is 2.39. The third-order valence-corrected chi connectivity index (χ3v) is 4.62. The Morgan fingerprint density at radius 3 is 2.21 bits per heavy atom. The molecule has 2 saturated carbocycles. The molecule has 0 spiro atoms. The Morgan fingerprint density at radius 2 is 1.71 bits per heavy atom. The van der Waals surface area contributed by atoms with Crippen molar-refractivity contribution in [2.75, 3.05) is 6.54 Å². The second-order valence-electron chi connectivity index (χ2n) is 5.44. The Bertz CT molecular complexity index is 210. The molecule has 2 saturated heterocycles. The molecule has 2 heterocycles. The first-order chi connectivity index (χ1) is 6.84. The fraction of sp³-hybridized carbons (Fsp3) is 1.00. The van der Waals surface area contributed by atoms with E-state index in [0.29, 0.717) is 6.04 Å². The van der Waals surface area contributed by atoms with Gasteiger partial charge in [0.1, 0.15) is 0 Å². The molecule has 14 heavy (non-hydrogen) atoms. The van der Waals surface area contributed by atoms with Gasteiger partial charge in [0.2, 0.25) is 0 Å². The van der Waals surface area contributed by atoms with E-state index >= 15 is 0 Å². The number of aliphatic hydroxyl groups is 1. The minimum Gasteiger partial charge on any atom is -0.391 e. The van der Waals surface area contributed by atoms with Gasteiger partial charge >= 0.3 is 0 Å². The van der Waals surface area contributed by atoms with Gasteiger partial charge in [0.25, 0.3) is 0 Å². The zero-order valence-corrected chi connectivity index (χ0v) is 8.86. The third kappa shape index (κ3) is 1.40. The third-order valence-electron chi connectivity index (χ3n) is 4.62. The van der Waals surface area contributed by atoms with Crippen LogP contribution >= 0.6 is 0 Å². The van der Waals surface area contributed by atoms with Gasteiger partial charge in [-0.3, -0.25) is 4.90 Å². The fourth-order valence-corrected chi connectivity index (χ4v) is 3.82. The Kier molecular flexibility index (Phi) is 2.29. The number of aliphatic hydroxyl groups excluding tert-OH is 1. The molecule has 4 aliphatic rings. The van der Waals surface area contributed by atoms with Crippen LogP contribution in [0.2, 0.25) is 0 Å². The molecule has 2 aliphatic carbocycles. The van der Waals surface area contributed by atoms with E-state index in [4.69, 9.17) is 0 Å². The number of fused-ring (bicyclic) bond motifs is 3. The summed E-state index contributed by atoms with van der Waals surface area (Å²) in [5.41, 5.74) is 0. The van der Waals surface area contributed by atoms with E-state index in [1.807, 2.05) is 0 Å². The molecule has 4 rings (SSSR count). The van der Waals surface area contributed by atoms with Gasteiger partial charge in [0, 0.05) is 18.6 Å². The lowest BCUT2D eigenvalue weighted by Crippen LogP contribution is -2.54. The predicted octanol–water partition coefficient (Wildman–Crippen LogP) is 1.77. The highest BCUT2D eigenvalue weighted by Gasteiger charge is 2.40. The Balaban J connectivity index is 1.72. The smallest absolute Gasteiger partial charge is 0.0695 e. The summed E-state index contributed by atoms with van der Waals surface area (Å²) >= 11 is 0. The van der Waals surface area contributed by atoms with Gasteiger partial charge in [-0.15, -0.1) is 0 Å². The van der Waals surface area contributed by atoms with E-state index in [2.05, 4.69) is 4.90 Å². The monoisotopic (exact) mass is 195 g/mol. The molecule has 0 aromatic rings. The summed E-state index contributed by atoms with van der Waals surface area (Å²) in [6.45, 7) is 1.28. The molecule has 2 unspecified atom stereocenters. The molecule has 2 aliphatic heterocycles. The molecule has 2 heteroatoms. The quantitative estimate of drug-likeness (QED) is 0.689. The molecule has 2 atom stereocenters. The number of piperidine rings is 2. The summed E-state index contributed by atoms with van der Waals surface area (Å²) in [6, 6.07) is 1.33. The standard InChI is InChI=1S/C12H21NO/c14-12-3-1-2-11(12)13-8-9-4-6-10(13)7-5-9/h9-12,14H,1-8H2. The van der Waals surface area contributed by atoms with Gasteiger partial charge in [0.15, 0.2) is 0 Å². The second-order valence-corrected chi connectivity index (χ2v) is 5.44. The van der Waals surface area contributed by atoms with Crippen molar-refractivity contribution in [3.8, 4) is 0 Å². The van der Waals surface area contributed by atoms with Crippen LogP contribution in [0.5, 0.6) is 0 Å². The molecule has 4 fully saturated rings. The minimum absolute atomic E-state index is 0.0191. The van der Waals surface area contributed by atoms with E-state index < -0.39 is 0 Å². The van der Waals surface area contributed by atoms with Crippen molar-refractivity contribution in [1.82, 2.24) is 4.90 Å². The maximum absolute atomic E-state index is 9.93. The SMILES string of the molecule is OC1CCCC1N1CC2CCC1CC2. The van der Waals surface area contributed by atoms with Crippen LogP contribution in [0.1, 0.15) is 44.9 Å². The molecular weight excluding hydrogens is 174 g/mol. The number of hydrogen-bond donors (Lipinski definition) is 1. The maximum atomic E-state index is 9.93. The molecule has 2 bridgehead atoms. The van der Waals surface area contributed by atoms with E-state index in [1.54, 1.807) is 0 Å². The molecular formula is C12H21NO. The highest BCUT2D eigenvalue weighted by molar-refractivity contribution is 4.95. The van der Waals surface area contributed by atoms with Crippen LogP contribution in [-0.2, 0) is 0 Å². The average molecular weight is 195 g/mol. The molecule has 2 nitrogen and oxygen atoms in total. The van der Waals surface area contributed by atoms with E-state index in [1.165, 1.54) is 45.1 Å². The molecule has 0 aromatic heterocycles. The summed E-state index contributed by atoms with van der Waals surface area (Å²) < 4.78 is 0. The van der Waals surface area contributed by atoms with Crippen LogP contribution in [-0.4, -0.2) is 34.7 Å². The lowest BCUT2D eigenvalue weighted by molar-refractivity contribution is -0.0239. The average Bonchev–Trinajstić information content (AvgIpc) is 2.66. The van der Waals surface area contributed by atoms with Gasteiger partial charge in [-0.25, -0.2) is 0 Å². The van der Waals surface area contributed by atoms with Crippen molar-refractivity contribution in [3.05, 3.63) is 0 Å². The molecule has 80 valence electrons. The van der Waals surface area contributed by atoms with E-state index in [9.17, 15) is 5.11 Å². The summed E-state index contributed by atoms with van der Waals surface area (Å²) in [5.74, 6) is 0.952. The molecule has 0 radical (unpaired) electrons. The summed E-state index contributed by atoms with van der Waals surface area (Å²) in [5, 5.41) is 9.93. The molecule has 0 aromatic carbocycles. The minimum atomic E-state index is -0.0191. The largest absolute Gasteiger partial charge is 0.391 e. The van der Waals surface area contributed by atoms with Crippen LogP contribution in [0.4, 0.5) is 0 Å². The first-order valence-corrected chi connectivity index (χ1v) is 6.28. The van der Waals surface area contributed by atoms with Gasteiger partial charge < -0.3 is 5.11 Å². The second kappa shape index (κ2) is 3.49. The van der Waals surface area contributed by atoms with E-state index in [-0.39, 0.29) is 6.10 Å². The van der Waals surface area contributed by atoms with Crippen LogP contribution in [0.25, 0.3) is 0 Å². The van der Waals surface area contributed by atoms with Gasteiger partial charge in [-0.2, -0.15) is 0 Å². The van der Waals surface area contributed by atoms with Gasteiger partial charge in [-0.1, -0.05) is 0 Å². The maximum Gasteiger partial charge on any atom is 0.0695 e. The zero-order chi connectivity index (χ0) is 9.54. The summed E-state index contributed by atoms with van der Waals surface area (Å²) in [4.78, 5) is 2.65. The van der Waals surface area contributed by atoms with Crippen LogP contribution < -0.4 is 0 Å². The van der Waals surface area contributed by atoms with Crippen molar-refractivity contribution in [2.45, 2.75) is 63.1 Å². The summed E-state index contributed by atoms with van der Waals surface area (Å²) in [7, 11) is 0. The van der Waals surface area contributed by atoms with Crippen molar-refractivity contribution in [2.24, 2.45) is 5.92 Å². The molecule has 0 amide bonds. The van der Waals surface area contributed by atoms with Crippen molar-refractivity contribution >= 4 is 0 Å². The van der Waals surface area contributed by atoms with Crippen LogP contribution in [0.15, 0.2) is 0 Å². The van der Waals surface area contributed by atoms with Crippen LogP contribution in [0, 0.1) is 5.92 Å². The molecule has 1 N–H and O–H groups in total. The number of rotatable bonds is 1. The predicted molar refractivity (Wildman–Crippen MR) is 56.1 cm³/mol. The van der Waals surface area contributed by atoms with Crippen LogP contribution in [0.3, 0.4) is 0 Å². The number of nitrogens with zero attached hydrogens (tertiary/aromatic N) is 1. The first kappa shape index (κ1) is 9.17. The van der Waals surface area contributed by atoms with Crippen molar-refractivity contribution < 1.29 is 5.11 Å². The first-order valence-electron chi connectivity index (χ1n) is 6.28. The zero-order valence-electron chi connectivity index (χ0n) is 8.86. The Morgan fingerprint density at radius 1 is 0.929 bits per heavy atom. The number of hydrogen-bond acceptors (Lipinski definition) is 2. The highest BCUT2D eigenvalue weighted by atomic mass is 16.3. The van der Waals surface area contributed by atoms with Gasteiger partial charge in [0.05, 0.1) is 6.10 Å². The van der Waals surface area contributed by atoms with Gasteiger partial charge in [-0.05, 0) is 50.9 Å². The Labute approximate surface area is 86.3 Å². The fourth-order valence-electron chi connectivity index (χ4n) is 3.82. The van der Waals surface area contributed by atoms with E-state index in [0.717, 1.165) is 18.4 Å². The topological polar surface area (TPSA) is 23.5 Å². The lowest BCUT2D eigenvalue weighted by atomic mass is 9.79. The van der Waals surface area contributed by atoms with Crippen molar-refractivity contribution in [3.63, 3.8) is 0 Å². The summed E-state index contributed by atoms with van der Waals surface area (Å²) in [6.07, 6.45) is 9.19.